The molecule has 17 rings (SSSR count). The third-order valence-electron chi connectivity index (χ3n) is 15.8. The van der Waals surface area contributed by atoms with Crippen molar-refractivity contribution >= 4 is 156 Å². The van der Waals surface area contributed by atoms with E-state index in [4.69, 9.17) is 8.83 Å². The van der Waals surface area contributed by atoms with Crippen LogP contribution in [-0.4, -0.2) is 9.13 Å². The summed E-state index contributed by atoms with van der Waals surface area (Å²) in [5, 5.41) is 25.3. The van der Waals surface area contributed by atoms with Crippen molar-refractivity contribution in [2.24, 2.45) is 0 Å². The van der Waals surface area contributed by atoms with E-state index in [1.807, 2.05) is 54.6 Å². The van der Waals surface area contributed by atoms with Gasteiger partial charge in [0.2, 0.25) is 5.69 Å². The van der Waals surface area contributed by atoms with Crippen LogP contribution < -0.4 is 0 Å². The summed E-state index contributed by atoms with van der Waals surface area (Å²) in [5.74, 6) is 0. The van der Waals surface area contributed by atoms with Gasteiger partial charge in [-0.1, -0.05) is 133 Å². The highest BCUT2D eigenvalue weighted by Crippen LogP contribution is 2.55. The van der Waals surface area contributed by atoms with Gasteiger partial charge in [-0.05, 0) is 83.9 Å². The number of benzene rings is 11. The standard InChI is InChI=1S/C68H34N4O2S2/c1-70-64-60(37-26-32-56-47(34-37)39-14-4-10-22-54(39)73-56)49(36-69)65(71-50-20-8-2-18-45(50)62-52(71)30-28-43-41-16-6-12-24-58(41)75-67(43)62)61(38-27-33-57-48(35-38)40-15-5-11-23-55(40)74-57)66(64)72-51-21-9-3-19-46(51)63-53(72)31-29-44-42-17-7-13-25-59(42)76-68(44)63/h2-35H. The largest absolute Gasteiger partial charge is 0.456 e. The van der Waals surface area contributed by atoms with E-state index in [0.717, 1.165) is 104 Å². The normalized spacial score (nSPS) is 12.2. The van der Waals surface area contributed by atoms with Gasteiger partial charge in [0.05, 0.1) is 45.6 Å². The van der Waals surface area contributed by atoms with E-state index in [9.17, 15) is 11.8 Å². The molecule has 0 saturated heterocycles. The maximum atomic E-state index is 12.3. The predicted molar refractivity (Wildman–Crippen MR) is 317 cm³/mol. The lowest BCUT2D eigenvalue weighted by molar-refractivity contribution is 0.668. The van der Waals surface area contributed by atoms with Crippen molar-refractivity contribution < 1.29 is 8.83 Å². The van der Waals surface area contributed by atoms with Gasteiger partial charge >= 0.3 is 0 Å². The minimum Gasteiger partial charge on any atom is -0.456 e. The molecule has 0 atom stereocenters. The quantitative estimate of drug-likeness (QED) is 0.165. The van der Waals surface area contributed by atoms with Gasteiger partial charge in [-0.25, -0.2) is 4.85 Å². The molecule has 0 spiro atoms. The Morgan fingerprint density at radius 1 is 0.395 bits per heavy atom. The Kier molecular flexibility index (Phi) is 8.36. The molecule has 0 saturated carbocycles. The number of nitrogens with zero attached hydrogens (tertiary/aromatic N) is 4. The van der Waals surface area contributed by atoms with Crippen molar-refractivity contribution in [3.8, 4) is 39.7 Å². The first-order chi connectivity index (χ1) is 37.6. The molecule has 0 amide bonds. The number of thiophene rings is 2. The van der Waals surface area contributed by atoms with Gasteiger partial charge in [0.25, 0.3) is 0 Å². The molecular formula is C68H34N4O2S2. The van der Waals surface area contributed by atoms with Crippen LogP contribution in [0.15, 0.2) is 215 Å². The average molecular weight is 1000 g/mol. The Morgan fingerprint density at radius 3 is 1.34 bits per heavy atom. The average Bonchev–Trinajstić information content (AvgIpc) is 4.47. The third kappa shape index (κ3) is 5.45. The molecule has 11 aromatic carbocycles. The maximum absolute atomic E-state index is 12.3. The second-order valence-corrected chi connectivity index (χ2v) is 21.7. The van der Waals surface area contributed by atoms with Crippen LogP contribution in [0.1, 0.15) is 5.56 Å². The summed E-state index contributed by atoms with van der Waals surface area (Å²) in [6, 6.07) is 74.9. The monoisotopic (exact) mass is 1000 g/mol. The summed E-state index contributed by atoms with van der Waals surface area (Å²) in [4.78, 5) is 4.68. The molecule has 0 unspecified atom stereocenters. The smallest absolute Gasteiger partial charge is 0.220 e. The van der Waals surface area contributed by atoms with Crippen molar-refractivity contribution in [1.29, 1.82) is 5.26 Å². The van der Waals surface area contributed by atoms with Crippen LogP contribution in [0.5, 0.6) is 0 Å². The van der Waals surface area contributed by atoms with Gasteiger partial charge in [0, 0.05) is 94.6 Å². The molecule has 0 bridgehead atoms. The summed E-state index contributed by atoms with van der Waals surface area (Å²) >= 11 is 3.61. The van der Waals surface area contributed by atoms with E-state index in [0.29, 0.717) is 28.2 Å². The van der Waals surface area contributed by atoms with Gasteiger partial charge < -0.3 is 18.0 Å². The lowest BCUT2D eigenvalue weighted by atomic mass is 9.88. The van der Waals surface area contributed by atoms with Gasteiger partial charge in [0.15, 0.2) is 0 Å². The van der Waals surface area contributed by atoms with Crippen LogP contribution in [0.4, 0.5) is 5.69 Å². The van der Waals surface area contributed by atoms with Crippen molar-refractivity contribution in [3.05, 3.63) is 223 Å². The SMILES string of the molecule is [C-]#[N+]c1c(-c2ccc3oc4ccccc4c3c2)c(C#N)c(-n2c3ccccc3c3c4sc5ccccc5c4ccc32)c(-c2ccc3oc4ccccc4c3c2)c1-n1c2ccccc2c2c3sc4ccccc4c3ccc21. The molecule has 17 aromatic rings. The van der Waals surface area contributed by atoms with E-state index in [2.05, 4.69) is 172 Å². The molecular weight excluding hydrogens is 969 g/mol. The zero-order chi connectivity index (χ0) is 49.9. The number of furan rings is 2. The number of aromatic nitrogens is 2. The first-order valence-electron chi connectivity index (χ1n) is 25.2. The summed E-state index contributed by atoms with van der Waals surface area (Å²) in [7, 11) is 0. The fourth-order valence-electron chi connectivity index (χ4n) is 12.6. The van der Waals surface area contributed by atoms with E-state index in [1.165, 1.54) is 40.3 Å². The third-order valence-corrected chi connectivity index (χ3v) is 18.2. The predicted octanol–water partition coefficient (Wildman–Crippen LogP) is 20.2. The molecule has 6 nitrogen and oxygen atoms in total. The lowest BCUT2D eigenvalue weighted by Crippen LogP contribution is -2.08. The zero-order valence-electron chi connectivity index (χ0n) is 40.1. The summed E-state index contributed by atoms with van der Waals surface area (Å²) < 4.78 is 22.4. The highest BCUT2D eigenvalue weighted by molar-refractivity contribution is 7.27. The number of fused-ring (bicyclic) bond motifs is 20. The summed E-state index contributed by atoms with van der Waals surface area (Å²) in [6.07, 6.45) is 0. The Bertz CT molecular complexity index is 5300. The lowest BCUT2D eigenvalue weighted by Gasteiger charge is -2.26. The van der Waals surface area contributed by atoms with E-state index in [1.54, 1.807) is 22.7 Å². The van der Waals surface area contributed by atoms with Crippen LogP contribution >= 0.6 is 22.7 Å². The van der Waals surface area contributed by atoms with Gasteiger partial charge in [-0.3, -0.25) is 0 Å². The number of nitriles is 1. The molecule has 6 aromatic heterocycles. The van der Waals surface area contributed by atoms with Crippen LogP contribution in [0.25, 0.3) is 166 Å². The molecule has 0 radical (unpaired) electrons. The topological polar surface area (TPSA) is 64.3 Å². The highest BCUT2D eigenvalue weighted by atomic mass is 32.1. The van der Waals surface area contributed by atoms with Crippen LogP contribution in [-0.2, 0) is 0 Å². The van der Waals surface area contributed by atoms with Crippen molar-refractivity contribution in [2.75, 3.05) is 0 Å². The van der Waals surface area contributed by atoms with Gasteiger partial charge in [0.1, 0.15) is 28.4 Å². The Labute approximate surface area is 439 Å². The summed E-state index contributed by atoms with van der Waals surface area (Å²) in [6.45, 7) is 9.62. The summed E-state index contributed by atoms with van der Waals surface area (Å²) in [5.41, 5.74) is 11.9. The van der Waals surface area contributed by atoms with E-state index in [-0.39, 0.29) is 0 Å². The maximum Gasteiger partial charge on any atom is 0.220 e. The van der Waals surface area contributed by atoms with Crippen molar-refractivity contribution in [3.63, 3.8) is 0 Å². The fourth-order valence-corrected chi connectivity index (χ4v) is 15.2. The second-order valence-electron chi connectivity index (χ2n) is 19.6. The molecule has 0 aliphatic rings. The molecule has 6 heterocycles. The Morgan fingerprint density at radius 2 is 0.829 bits per heavy atom. The molecule has 350 valence electrons. The van der Waals surface area contributed by atoms with Crippen LogP contribution in [0.3, 0.4) is 0 Å². The minimum atomic E-state index is 0.367. The Balaban J connectivity index is 1.13. The first-order valence-corrected chi connectivity index (χ1v) is 26.8. The van der Waals surface area contributed by atoms with Crippen LogP contribution in [0, 0.1) is 17.9 Å². The fraction of sp³-hybridized carbons (Fsp3) is 0. The van der Waals surface area contributed by atoms with Gasteiger partial charge in [-0.15, -0.1) is 22.7 Å². The zero-order valence-corrected chi connectivity index (χ0v) is 41.7. The van der Waals surface area contributed by atoms with Gasteiger partial charge in [-0.2, -0.15) is 5.26 Å². The molecule has 0 fully saturated rings. The van der Waals surface area contributed by atoms with E-state index >= 15 is 0 Å². The molecule has 76 heavy (non-hydrogen) atoms. The van der Waals surface area contributed by atoms with Crippen molar-refractivity contribution in [1.82, 2.24) is 9.13 Å². The molecule has 8 heteroatoms. The molecule has 0 aliphatic heterocycles. The van der Waals surface area contributed by atoms with E-state index < -0.39 is 0 Å². The number of hydrogen-bond acceptors (Lipinski definition) is 5. The molecule has 0 aliphatic carbocycles. The number of para-hydroxylation sites is 4. The molecule has 0 N–H and O–H groups in total. The first kappa shape index (κ1) is 41.5. The van der Waals surface area contributed by atoms with Crippen LogP contribution in [0.2, 0.25) is 0 Å². The van der Waals surface area contributed by atoms with Crippen molar-refractivity contribution in [2.45, 2.75) is 0 Å². The highest BCUT2D eigenvalue weighted by Gasteiger charge is 2.33. The number of hydrogen-bond donors (Lipinski definition) is 0. The minimum absolute atomic E-state index is 0.367. The Hall–Kier alpha value is -9.96. The number of rotatable bonds is 4. The second kappa shape index (κ2) is 15.3.